The van der Waals surface area contributed by atoms with Gasteiger partial charge in [0.25, 0.3) is 0 Å². The first-order valence-corrected chi connectivity index (χ1v) is 11.0. The van der Waals surface area contributed by atoms with Crippen LogP contribution < -0.4 is 29.6 Å². The van der Waals surface area contributed by atoms with Gasteiger partial charge in [0.2, 0.25) is 18.6 Å². The van der Waals surface area contributed by atoms with Crippen LogP contribution in [0, 0.1) is 0 Å². The number of anilines is 1. The molecule has 33 heavy (non-hydrogen) atoms. The van der Waals surface area contributed by atoms with E-state index in [0.717, 1.165) is 5.56 Å². The van der Waals surface area contributed by atoms with Crippen molar-refractivity contribution < 1.29 is 28.5 Å². The third-order valence-electron chi connectivity index (χ3n) is 5.16. The number of benzene rings is 2. The fourth-order valence-corrected chi connectivity index (χ4v) is 3.28. The largest absolute Gasteiger partial charge is 0.490 e. The van der Waals surface area contributed by atoms with Gasteiger partial charge in [0, 0.05) is 18.3 Å². The fraction of sp³-hybridized carbons (Fsp3) is 0.417. The van der Waals surface area contributed by atoms with Gasteiger partial charge in [-0.25, -0.2) is 0 Å². The van der Waals surface area contributed by atoms with Gasteiger partial charge >= 0.3 is 0 Å². The Kier molecular flexibility index (Phi) is 8.37. The minimum atomic E-state index is -0.496. The summed E-state index contributed by atoms with van der Waals surface area (Å²) in [6.45, 7) is 7.15. The molecule has 1 aliphatic heterocycles. The molecule has 9 nitrogen and oxygen atoms in total. The molecule has 1 unspecified atom stereocenters. The van der Waals surface area contributed by atoms with E-state index in [-0.39, 0.29) is 25.2 Å². The van der Waals surface area contributed by atoms with Crippen LogP contribution in [0.4, 0.5) is 5.69 Å². The lowest BCUT2D eigenvalue weighted by atomic mass is 10.2. The lowest BCUT2D eigenvalue weighted by molar-refractivity contribution is -0.126. The highest BCUT2D eigenvalue weighted by molar-refractivity contribution is 5.93. The Balaban J connectivity index is 1.50. The third kappa shape index (κ3) is 6.52. The Bertz CT molecular complexity index is 981. The van der Waals surface area contributed by atoms with Gasteiger partial charge in [-0.2, -0.15) is 0 Å². The molecule has 178 valence electrons. The molecule has 2 aromatic carbocycles. The summed E-state index contributed by atoms with van der Waals surface area (Å²) in [5.41, 5.74) is 1.50. The van der Waals surface area contributed by atoms with Crippen LogP contribution >= 0.6 is 0 Å². The summed E-state index contributed by atoms with van der Waals surface area (Å²) < 4.78 is 21.8. The van der Waals surface area contributed by atoms with Crippen LogP contribution in [0.5, 0.6) is 23.0 Å². The van der Waals surface area contributed by atoms with Crippen LogP contribution in [0.25, 0.3) is 0 Å². The zero-order valence-corrected chi connectivity index (χ0v) is 19.5. The van der Waals surface area contributed by atoms with Gasteiger partial charge in [-0.1, -0.05) is 6.07 Å². The third-order valence-corrected chi connectivity index (χ3v) is 5.16. The van der Waals surface area contributed by atoms with Crippen LogP contribution in [0.2, 0.25) is 0 Å². The van der Waals surface area contributed by atoms with Gasteiger partial charge in [-0.15, -0.1) is 0 Å². The van der Waals surface area contributed by atoms with Crippen molar-refractivity contribution in [3.8, 4) is 23.0 Å². The second-order valence-electron chi connectivity index (χ2n) is 7.57. The summed E-state index contributed by atoms with van der Waals surface area (Å²) in [7, 11) is 1.73. The quantitative estimate of drug-likeness (QED) is 0.535. The minimum Gasteiger partial charge on any atom is -0.490 e. The smallest absolute Gasteiger partial charge is 0.238 e. The predicted octanol–water partition coefficient (Wildman–Crippen LogP) is 2.79. The van der Waals surface area contributed by atoms with Gasteiger partial charge in [-0.3, -0.25) is 14.5 Å². The van der Waals surface area contributed by atoms with Crippen molar-refractivity contribution in [2.45, 2.75) is 33.4 Å². The molecule has 1 aliphatic rings. The molecule has 2 amide bonds. The summed E-state index contributed by atoms with van der Waals surface area (Å²) in [4.78, 5) is 26.8. The molecular formula is C24H31N3O6. The Labute approximate surface area is 193 Å². The number of hydrogen-bond donors (Lipinski definition) is 2. The Hall–Kier alpha value is -3.46. The molecule has 0 bridgehead atoms. The van der Waals surface area contributed by atoms with E-state index in [2.05, 4.69) is 10.6 Å². The highest BCUT2D eigenvalue weighted by atomic mass is 16.7. The van der Waals surface area contributed by atoms with Crippen molar-refractivity contribution >= 4 is 17.5 Å². The van der Waals surface area contributed by atoms with Crippen LogP contribution in [0.15, 0.2) is 36.4 Å². The van der Waals surface area contributed by atoms with E-state index in [1.807, 2.05) is 32.0 Å². The van der Waals surface area contributed by atoms with Crippen molar-refractivity contribution in [2.24, 2.45) is 0 Å². The van der Waals surface area contributed by atoms with E-state index < -0.39 is 6.04 Å². The molecule has 0 radical (unpaired) electrons. The van der Waals surface area contributed by atoms with Gasteiger partial charge in [0.1, 0.15) is 0 Å². The Morgan fingerprint density at radius 2 is 1.76 bits per heavy atom. The average Bonchev–Trinajstić information content (AvgIpc) is 3.26. The van der Waals surface area contributed by atoms with Gasteiger partial charge in [0.05, 0.1) is 25.8 Å². The molecule has 3 rings (SSSR count). The van der Waals surface area contributed by atoms with Crippen LogP contribution in [0.1, 0.15) is 26.3 Å². The SMILES string of the molecule is CCOc1ccc(NC(=O)CN(C)C(C)C(=O)NCc2ccc3c(c2)OCO3)cc1OCC. The number of likely N-dealkylation sites (N-methyl/N-ethyl adjacent to an activating group) is 1. The second-order valence-corrected chi connectivity index (χ2v) is 7.57. The first-order valence-electron chi connectivity index (χ1n) is 11.0. The number of rotatable bonds is 11. The van der Waals surface area contributed by atoms with Crippen molar-refractivity contribution in [1.29, 1.82) is 0 Å². The molecule has 1 atom stereocenters. The number of hydrogen-bond acceptors (Lipinski definition) is 7. The Morgan fingerprint density at radius 1 is 1.03 bits per heavy atom. The van der Waals surface area contributed by atoms with E-state index in [0.29, 0.717) is 48.4 Å². The van der Waals surface area contributed by atoms with Gasteiger partial charge < -0.3 is 29.6 Å². The number of amides is 2. The first-order chi connectivity index (χ1) is 15.9. The molecule has 0 saturated carbocycles. The molecular weight excluding hydrogens is 426 g/mol. The fourth-order valence-electron chi connectivity index (χ4n) is 3.28. The maximum atomic E-state index is 12.6. The van der Waals surface area contributed by atoms with Crippen LogP contribution in [0.3, 0.4) is 0 Å². The standard InChI is InChI=1S/C24H31N3O6/c1-5-30-19-10-8-18(12-22(19)31-6-2)26-23(28)14-27(4)16(3)24(29)25-13-17-7-9-20-21(11-17)33-15-32-20/h7-12,16H,5-6,13-15H2,1-4H3,(H,25,29)(H,26,28). The van der Waals surface area contributed by atoms with E-state index >= 15 is 0 Å². The molecule has 0 fully saturated rings. The number of carbonyl (C=O) groups is 2. The van der Waals surface area contributed by atoms with Crippen LogP contribution in [-0.2, 0) is 16.1 Å². The van der Waals surface area contributed by atoms with Crippen molar-refractivity contribution in [1.82, 2.24) is 10.2 Å². The van der Waals surface area contributed by atoms with Crippen molar-refractivity contribution in [2.75, 3.05) is 38.9 Å². The molecule has 9 heteroatoms. The summed E-state index contributed by atoms with van der Waals surface area (Å²) >= 11 is 0. The van der Waals surface area contributed by atoms with E-state index in [1.54, 1.807) is 37.1 Å². The number of ether oxygens (including phenoxy) is 4. The van der Waals surface area contributed by atoms with Gasteiger partial charge in [-0.05, 0) is 57.6 Å². The van der Waals surface area contributed by atoms with Crippen molar-refractivity contribution in [3.63, 3.8) is 0 Å². The van der Waals surface area contributed by atoms with E-state index in [9.17, 15) is 9.59 Å². The second kappa shape index (κ2) is 11.4. The molecule has 0 aliphatic carbocycles. The van der Waals surface area contributed by atoms with Crippen LogP contribution in [-0.4, -0.2) is 56.4 Å². The number of nitrogens with zero attached hydrogens (tertiary/aromatic N) is 1. The average molecular weight is 458 g/mol. The predicted molar refractivity (Wildman–Crippen MR) is 124 cm³/mol. The monoisotopic (exact) mass is 457 g/mol. The normalized spacial score (nSPS) is 12.9. The van der Waals surface area contributed by atoms with Crippen molar-refractivity contribution in [3.05, 3.63) is 42.0 Å². The maximum Gasteiger partial charge on any atom is 0.238 e. The number of fused-ring (bicyclic) bond motifs is 1. The zero-order chi connectivity index (χ0) is 23.8. The van der Waals surface area contributed by atoms with E-state index in [4.69, 9.17) is 18.9 Å². The molecule has 2 aromatic rings. The lowest BCUT2D eigenvalue weighted by Gasteiger charge is -2.23. The molecule has 1 heterocycles. The molecule has 0 spiro atoms. The minimum absolute atomic E-state index is 0.0514. The van der Waals surface area contributed by atoms with E-state index in [1.165, 1.54) is 0 Å². The highest BCUT2D eigenvalue weighted by Crippen LogP contribution is 2.32. The summed E-state index contributed by atoms with van der Waals surface area (Å²) in [6, 6.07) is 10.3. The number of carbonyl (C=O) groups excluding carboxylic acids is 2. The molecule has 0 aromatic heterocycles. The highest BCUT2D eigenvalue weighted by Gasteiger charge is 2.21. The first kappa shape index (κ1) is 24.2. The summed E-state index contributed by atoms with van der Waals surface area (Å²) in [6.07, 6.45) is 0. The van der Waals surface area contributed by atoms with Gasteiger partial charge in [0.15, 0.2) is 23.0 Å². The summed E-state index contributed by atoms with van der Waals surface area (Å²) in [5.74, 6) is 2.15. The molecule has 0 saturated heterocycles. The zero-order valence-electron chi connectivity index (χ0n) is 19.5. The number of nitrogens with one attached hydrogen (secondary N) is 2. The topological polar surface area (TPSA) is 98.4 Å². The lowest BCUT2D eigenvalue weighted by Crippen LogP contribution is -2.45. The Morgan fingerprint density at radius 3 is 2.52 bits per heavy atom. The molecule has 2 N–H and O–H groups in total. The maximum absolute atomic E-state index is 12.6. The summed E-state index contributed by atoms with van der Waals surface area (Å²) in [5, 5.41) is 5.74.